The number of benzene rings is 2. The first-order chi connectivity index (χ1) is 12.5. The summed E-state index contributed by atoms with van der Waals surface area (Å²) in [7, 11) is 0. The third-order valence-corrected chi connectivity index (χ3v) is 5.20. The first-order valence-electron chi connectivity index (χ1n) is 8.12. The molecule has 0 unspecified atom stereocenters. The van der Waals surface area contributed by atoms with E-state index in [9.17, 15) is 4.39 Å². The minimum atomic E-state index is -0.433. The minimum absolute atomic E-state index is 0.0933. The van der Waals surface area contributed by atoms with E-state index in [1.165, 1.54) is 23.0 Å². The molecule has 0 aliphatic heterocycles. The van der Waals surface area contributed by atoms with Gasteiger partial charge in [0.1, 0.15) is 17.3 Å². The number of rotatable bonds is 3. The number of nitrogens with one attached hydrogen (secondary N) is 2. The summed E-state index contributed by atoms with van der Waals surface area (Å²) in [4.78, 5) is 4.07. The molecule has 1 aliphatic carbocycles. The van der Waals surface area contributed by atoms with Crippen LogP contribution in [0.4, 0.5) is 4.39 Å². The maximum Gasteiger partial charge on any atom is 0.244 e. The Bertz CT molecular complexity index is 1040. The lowest BCUT2D eigenvalue weighted by atomic mass is 9.94. The lowest BCUT2D eigenvalue weighted by Crippen LogP contribution is -2.38. The molecule has 1 saturated carbocycles. The quantitative estimate of drug-likeness (QED) is 0.506. The van der Waals surface area contributed by atoms with Crippen molar-refractivity contribution in [3.05, 3.63) is 76.2 Å². The minimum Gasteiger partial charge on any atom is -0.286 e. The van der Waals surface area contributed by atoms with Crippen molar-refractivity contribution >= 4 is 21.8 Å². The summed E-state index contributed by atoms with van der Waals surface area (Å²) in [5.41, 5.74) is 1.69. The molecule has 0 spiro atoms. The molecular formula is C19H15BrFN5. The molecule has 0 amide bonds. The summed E-state index contributed by atoms with van der Waals surface area (Å²) in [6.45, 7) is 0. The van der Waals surface area contributed by atoms with Crippen molar-refractivity contribution in [1.82, 2.24) is 14.8 Å². The molecule has 0 atom stereocenters. The first kappa shape index (κ1) is 16.8. The van der Waals surface area contributed by atoms with Crippen LogP contribution in [0.15, 0.2) is 59.2 Å². The van der Waals surface area contributed by atoms with E-state index in [1.807, 2.05) is 24.3 Å². The predicted octanol–water partition coefficient (Wildman–Crippen LogP) is 3.88. The Morgan fingerprint density at radius 2 is 1.73 bits per heavy atom. The lowest BCUT2D eigenvalue weighted by Gasteiger charge is -2.18. The van der Waals surface area contributed by atoms with E-state index in [4.69, 9.17) is 10.8 Å². The van der Waals surface area contributed by atoms with Crippen LogP contribution in [0.3, 0.4) is 0 Å². The number of aromatic nitrogens is 3. The summed E-state index contributed by atoms with van der Waals surface area (Å²) in [5, 5.41) is 21.2. The van der Waals surface area contributed by atoms with E-state index in [-0.39, 0.29) is 17.3 Å². The van der Waals surface area contributed by atoms with E-state index >= 15 is 0 Å². The van der Waals surface area contributed by atoms with Crippen LogP contribution in [0.1, 0.15) is 18.4 Å². The van der Waals surface area contributed by atoms with Gasteiger partial charge in [-0.3, -0.25) is 10.8 Å². The van der Waals surface area contributed by atoms with Gasteiger partial charge in [0.2, 0.25) is 5.62 Å². The Morgan fingerprint density at radius 3 is 2.35 bits per heavy atom. The Hall–Kier alpha value is -2.67. The number of nitrogens with zero attached hydrogens (tertiary/aromatic N) is 3. The molecule has 0 bridgehead atoms. The van der Waals surface area contributed by atoms with Crippen LogP contribution in [0.5, 0.6) is 0 Å². The van der Waals surface area contributed by atoms with Crippen molar-refractivity contribution in [3.8, 4) is 11.3 Å². The Balaban J connectivity index is 1.74. The van der Waals surface area contributed by atoms with E-state index < -0.39 is 5.41 Å². The van der Waals surface area contributed by atoms with Gasteiger partial charge in [-0.1, -0.05) is 28.1 Å². The zero-order chi connectivity index (χ0) is 18.3. The van der Waals surface area contributed by atoms with Crippen molar-refractivity contribution < 1.29 is 4.39 Å². The molecule has 5 nitrogen and oxygen atoms in total. The molecule has 1 aliphatic rings. The molecule has 26 heavy (non-hydrogen) atoms. The highest BCUT2D eigenvalue weighted by Crippen LogP contribution is 2.49. The summed E-state index contributed by atoms with van der Waals surface area (Å²) in [5.74, 6) is -0.0899. The van der Waals surface area contributed by atoms with Gasteiger partial charge in [-0.05, 0) is 54.8 Å². The predicted molar refractivity (Wildman–Crippen MR) is 99.4 cm³/mol. The average molecular weight is 412 g/mol. The third-order valence-electron chi connectivity index (χ3n) is 4.67. The Kier molecular flexibility index (Phi) is 4.03. The Morgan fingerprint density at radius 1 is 1.08 bits per heavy atom. The summed E-state index contributed by atoms with van der Waals surface area (Å²) >= 11 is 3.43. The van der Waals surface area contributed by atoms with Crippen molar-refractivity contribution in [2.75, 3.05) is 0 Å². The second kappa shape index (κ2) is 6.25. The van der Waals surface area contributed by atoms with Crippen LogP contribution >= 0.6 is 15.9 Å². The van der Waals surface area contributed by atoms with E-state index in [1.54, 1.807) is 12.1 Å². The van der Waals surface area contributed by atoms with Crippen LogP contribution in [-0.2, 0) is 5.41 Å². The van der Waals surface area contributed by atoms with Crippen molar-refractivity contribution in [1.29, 1.82) is 10.8 Å². The van der Waals surface area contributed by atoms with Gasteiger partial charge in [0, 0.05) is 10.0 Å². The molecule has 2 aromatic carbocycles. The summed E-state index contributed by atoms with van der Waals surface area (Å²) < 4.78 is 15.4. The maximum atomic E-state index is 13.1. The molecule has 1 fully saturated rings. The smallest absolute Gasteiger partial charge is 0.244 e. The molecule has 0 saturated heterocycles. The fourth-order valence-electron chi connectivity index (χ4n) is 3.03. The number of hydrogen-bond acceptors (Lipinski definition) is 4. The maximum absolute atomic E-state index is 13.1. The van der Waals surface area contributed by atoms with Crippen LogP contribution in [0.25, 0.3) is 11.3 Å². The topological polar surface area (TPSA) is 78.4 Å². The van der Waals surface area contributed by atoms with Gasteiger partial charge in [0.25, 0.3) is 0 Å². The molecule has 0 radical (unpaired) electrons. The number of halogens is 2. The van der Waals surface area contributed by atoms with E-state index in [0.29, 0.717) is 11.3 Å². The zero-order valence-corrected chi connectivity index (χ0v) is 15.3. The molecule has 4 rings (SSSR count). The van der Waals surface area contributed by atoms with Gasteiger partial charge >= 0.3 is 0 Å². The summed E-state index contributed by atoms with van der Waals surface area (Å²) in [6.07, 6.45) is 3.14. The zero-order valence-electron chi connectivity index (χ0n) is 13.7. The van der Waals surface area contributed by atoms with Crippen LogP contribution < -0.4 is 5.62 Å². The van der Waals surface area contributed by atoms with Gasteiger partial charge in [0.15, 0.2) is 0 Å². The first-order valence-corrected chi connectivity index (χ1v) is 8.91. The van der Waals surface area contributed by atoms with Crippen LogP contribution in [-0.4, -0.2) is 20.6 Å². The average Bonchev–Trinajstić information content (AvgIpc) is 3.45. The van der Waals surface area contributed by atoms with Gasteiger partial charge in [-0.25, -0.2) is 9.37 Å². The monoisotopic (exact) mass is 411 g/mol. The molecule has 1 heterocycles. The van der Waals surface area contributed by atoms with Gasteiger partial charge < -0.3 is 0 Å². The van der Waals surface area contributed by atoms with Gasteiger partial charge in [0.05, 0.1) is 11.6 Å². The SMILES string of the molecule is N=C(n1nc(-c2ccc(F)cc2)cnc1=N)C1(c2ccc(Br)cc2)CC1. The largest absolute Gasteiger partial charge is 0.286 e. The van der Waals surface area contributed by atoms with Crippen molar-refractivity contribution in [2.45, 2.75) is 18.3 Å². The van der Waals surface area contributed by atoms with Gasteiger partial charge in [-0.2, -0.15) is 9.78 Å². The molecule has 3 aromatic rings. The number of hydrogen-bond donors (Lipinski definition) is 2. The lowest BCUT2D eigenvalue weighted by molar-refractivity contribution is 0.628. The van der Waals surface area contributed by atoms with Gasteiger partial charge in [-0.15, -0.1) is 0 Å². The highest BCUT2D eigenvalue weighted by molar-refractivity contribution is 9.10. The Labute approximate surface area is 157 Å². The van der Waals surface area contributed by atoms with E-state index in [0.717, 1.165) is 22.9 Å². The van der Waals surface area contributed by atoms with Crippen molar-refractivity contribution in [2.24, 2.45) is 0 Å². The second-order valence-electron chi connectivity index (χ2n) is 6.32. The third kappa shape index (κ3) is 2.88. The highest BCUT2D eigenvalue weighted by atomic mass is 79.9. The molecular weight excluding hydrogens is 397 g/mol. The fourth-order valence-corrected chi connectivity index (χ4v) is 3.29. The standard InChI is InChI=1S/C19H15BrFN5/c20-14-5-3-13(4-6-14)19(9-10-19)17(22)26-18(23)24-11-16(25-26)12-1-7-15(21)8-2-12/h1-8,11,22-23H,9-10H2. The van der Waals surface area contributed by atoms with Crippen LogP contribution in [0.2, 0.25) is 0 Å². The second-order valence-corrected chi connectivity index (χ2v) is 7.24. The molecule has 1 aromatic heterocycles. The molecule has 130 valence electrons. The van der Waals surface area contributed by atoms with E-state index in [2.05, 4.69) is 26.0 Å². The van der Waals surface area contributed by atoms with Crippen molar-refractivity contribution in [3.63, 3.8) is 0 Å². The highest BCUT2D eigenvalue weighted by Gasteiger charge is 2.50. The summed E-state index contributed by atoms with van der Waals surface area (Å²) in [6, 6.07) is 13.8. The fraction of sp³-hybridized carbons (Fsp3) is 0.158. The molecule has 2 N–H and O–H groups in total. The molecule has 7 heteroatoms. The van der Waals surface area contributed by atoms with Crippen LogP contribution in [0, 0.1) is 16.6 Å². The normalized spacial score (nSPS) is 14.8.